The minimum Gasteiger partial charge on any atom is -0.343 e. The second-order valence-corrected chi connectivity index (χ2v) is 6.07. The summed E-state index contributed by atoms with van der Waals surface area (Å²) < 4.78 is 2.21. The monoisotopic (exact) mass is 299 g/mol. The molecule has 1 aliphatic rings. The summed E-state index contributed by atoms with van der Waals surface area (Å²) in [5, 5.41) is 0. The van der Waals surface area contributed by atoms with Crippen LogP contribution in [-0.4, -0.2) is 33.4 Å². The quantitative estimate of drug-likeness (QED) is 0.868. The number of hydrogen-bond donors (Lipinski definition) is 0. The molecule has 1 aromatic heterocycles. The Kier molecular flexibility index (Phi) is 4.76. The van der Waals surface area contributed by atoms with Gasteiger partial charge >= 0.3 is 0 Å². The third-order valence-corrected chi connectivity index (χ3v) is 4.56. The second kappa shape index (κ2) is 6.95. The van der Waals surface area contributed by atoms with Gasteiger partial charge in [0.15, 0.2) is 0 Å². The number of aromatic nitrogens is 2. The van der Waals surface area contributed by atoms with E-state index in [1.165, 1.54) is 12.8 Å². The summed E-state index contributed by atoms with van der Waals surface area (Å²) in [7, 11) is 0. The van der Waals surface area contributed by atoms with Gasteiger partial charge in [-0.15, -0.1) is 0 Å². The van der Waals surface area contributed by atoms with Crippen LogP contribution < -0.4 is 0 Å². The minimum absolute atomic E-state index is 0.293. The van der Waals surface area contributed by atoms with Crippen LogP contribution in [0.15, 0.2) is 24.3 Å². The smallest absolute Gasteiger partial charge is 0.224 e. The van der Waals surface area contributed by atoms with Crippen molar-refractivity contribution < 1.29 is 4.79 Å². The number of hydrogen-bond acceptors (Lipinski definition) is 2. The van der Waals surface area contributed by atoms with Crippen molar-refractivity contribution >= 4 is 16.9 Å². The lowest BCUT2D eigenvalue weighted by Gasteiger charge is -2.20. The van der Waals surface area contributed by atoms with Crippen LogP contribution in [0.2, 0.25) is 0 Å². The standard InChI is InChI=1S/C18H25N3O/c1-2-17-19-15-9-5-6-10-16(15)21(17)14-11-18(22)20-12-7-3-4-8-13-20/h5-6,9-10H,2-4,7-8,11-14H2,1H3. The average Bonchev–Trinajstić information content (AvgIpc) is 2.72. The number of nitrogens with zero attached hydrogens (tertiary/aromatic N) is 3. The van der Waals surface area contributed by atoms with E-state index in [2.05, 4.69) is 27.4 Å². The largest absolute Gasteiger partial charge is 0.343 e. The molecule has 3 rings (SSSR count). The van der Waals surface area contributed by atoms with E-state index in [1.54, 1.807) is 0 Å². The Balaban J connectivity index is 1.71. The van der Waals surface area contributed by atoms with E-state index in [-0.39, 0.29) is 0 Å². The van der Waals surface area contributed by atoms with Crippen molar-refractivity contribution in [2.75, 3.05) is 13.1 Å². The van der Waals surface area contributed by atoms with E-state index in [0.717, 1.165) is 55.8 Å². The van der Waals surface area contributed by atoms with Gasteiger partial charge in [0.05, 0.1) is 11.0 Å². The number of aryl methyl sites for hydroxylation is 2. The fourth-order valence-corrected chi connectivity index (χ4v) is 3.33. The molecule has 118 valence electrons. The molecule has 4 nitrogen and oxygen atoms in total. The predicted molar refractivity (Wildman–Crippen MR) is 88.8 cm³/mol. The average molecular weight is 299 g/mol. The number of likely N-dealkylation sites (tertiary alicyclic amines) is 1. The number of para-hydroxylation sites is 2. The summed E-state index contributed by atoms with van der Waals surface area (Å²) in [6, 6.07) is 8.19. The highest BCUT2D eigenvalue weighted by Gasteiger charge is 2.16. The number of fused-ring (bicyclic) bond motifs is 1. The Labute approximate surface area is 132 Å². The third-order valence-electron chi connectivity index (χ3n) is 4.56. The molecular formula is C18H25N3O. The van der Waals surface area contributed by atoms with Gasteiger partial charge in [0, 0.05) is 32.5 Å². The lowest BCUT2D eigenvalue weighted by atomic mass is 10.2. The summed E-state index contributed by atoms with van der Waals surface area (Å²) >= 11 is 0. The van der Waals surface area contributed by atoms with E-state index in [4.69, 9.17) is 0 Å². The van der Waals surface area contributed by atoms with E-state index in [1.807, 2.05) is 18.2 Å². The summed E-state index contributed by atoms with van der Waals surface area (Å²) in [5.41, 5.74) is 2.17. The maximum atomic E-state index is 12.5. The fraction of sp³-hybridized carbons (Fsp3) is 0.556. The molecule has 0 radical (unpaired) electrons. The summed E-state index contributed by atoms with van der Waals surface area (Å²) in [6.07, 6.45) is 6.30. The maximum absolute atomic E-state index is 12.5. The first-order chi connectivity index (χ1) is 10.8. The van der Waals surface area contributed by atoms with Crippen LogP contribution >= 0.6 is 0 Å². The molecule has 0 aliphatic carbocycles. The molecule has 2 heterocycles. The van der Waals surface area contributed by atoms with Gasteiger partial charge in [0.2, 0.25) is 5.91 Å². The van der Waals surface area contributed by atoms with Crippen LogP contribution in [-0.2, 0) is 17.8 Å². The first-order valence-corrected chi connectivity index (χ1v) is 8.51. The Morgan fingerprint density at radius 2 is 1.86 bits per heavy atom. The van der Waals surface area contributed by atoms with Crippen molar-refractivity contribution in [2.45, 2.75) is 52.0 Å². The van der Waals surface area contributed by atoms with Gasteiger partial charge in [-0.1, -0.05) is 31.9 Å². The molecule has 4 heteroatoms. The van der Waals surface area contributed by atoms with Gasteiger partial charge in [-0.2, -0.15) is 0 Å². The van der Waals surface area contributed by atoms with Crippen LogP contribution in [0.1, 0.15) is 44.9 Å². The van der Waals surface area contributed by atoms with E-state index in [0.29, 0.717) is 12.3 Å². The van der Waals surface area contributed by atoms with Crippen molar-refractivity contribution in [1.82, 2.24) is 14.5 Å². The third kappa shape index (κ3) is 3.16. The highest BCUT2D eigenvalue weighted by molar-refractivity contribution is 5.78. The minimum atomic E-state index is 0.293. The number of imidazole rings is 1. The zero-order chi connectivity index (χ0) is 15.4. The number of amides is 1. The van der Waals surface area contributed by atoms with Gasteiger partial charge < -0.3 is 9.47 Å². The van der Waals surface area contributed by atoms with Crippen LogP contribution in [0, 0.1) is 0 Å². The molecule has 0 atom stereocenters. The van der Waals surface area contributed by atoms with Crippen molar-refractivity contribution in [1.29, 1.82) is 0 Å². The topological polar surface area (TPSA) is 38.1 Å². The van der Waals surface area contributed by atoms with Gasteiger partial charge in [0.1, 0.15) is 5.82 Å². The first-order valence-electron chi connectivity index (χ1n) is 8.51. The molecule has 1 aromatic carbocycles. The zero-order valence-electron chi connectivity index (χ0n) is 13.4. The SMILES string of the molecule is CCc1nc2ccccc2n1CCC(=O)N1CCCCCC1. The molecule has 1 amide bonds. The highest BCUT2D eigenvalue weighted by Crippen LogP contribution is 2.18. The molecular weight excluding hydrogens is 274 g/mol. The molecule has 0 spiro atoms. The number of carbonyl (C=O) groups is 1. The van der Waals surface area contributed by atoms with E-state index < -0.39 is 0 Å². The van der Waals surface area contributed by atoms with Gasteiger partial charge in [-0.3, -0.25) is 4.79 Å². The lowest BCUT2D eigenvalue weighted by molar-refractivity contribution is -0.131. The molecule has 0 bridgehead atoms. The fourth-order valence-electron chi connectivity index (χ4n) is 3.33. The molecule has 1 aliphatic heterocycles. The van der Waals surface area contributed by atoms with Gasteiger partial charge in [0.25, 0.3) is 0 Å². The molecule has 0 saturated carbocycles. The molecule has 0 N–H and O–H groups in total. The number of carbonyl (C=O) groups excluding carboxylic acids is 1. The van der Waals surface area contributed by atoms with E-state index >= 15 is 0 Å². The molecule has 0 unspecified atom stereocenters. The molecule has 2 aromatic rings. The molecule has 22 heavy (non-hydrogen) atoms. The van der Waals surface area contributed by atoms with Crippen LogP contribution in [0.4, 0.5) is 0 Å². The van der Waals surface area contributed by atoms with Crippen LogP contribution in [0.25, 0.3) is 11.0 Å². The normalized spacial score (nSPS) is 16.0. The summed E-state index contributed by atoms with van der Waals surface area (Å²) in [4.78, 5) is 19.2. The molecule has 1 fully saturated rings. The van der Waals surface area contributed by atoms with Crippen LogP contribution in [0.5, 0.6) is 0 Å². The van der Waals surface area contributed by atoms with Crippen molar-refractivity contribution in [2.24, 2.45) is 0 Å². The Hall–Kier alpha value is -1.84. The van der Waals surface area contributed by atoms with Gasteiger partial charge in [-0.05, 0) is 25.0 Å². The Bertz CT molecular complexity index is 639. The molecule has 1 saturated heterocycles. The Morgan fingerprint density at radius 3 is 2.59 bits per heavy atom. The Morgan fingerprint density at radius 1 is 1.14 bits per heavy atom. The van der Waals surface area contributed by atoms with Crippen LogP contribution in [0.3, 0.4) is 0 Å². The number of benzene rings is 1. The maximum Gasteiger partial charge on any atom is 0.224 e. The summed E-state index contributed by atoms with van der Waals surface area (Å²) in [5.74, 6) is 1.37. The first kappa shape index (κ1) is 15.1. The van der Waals surface area contributed by atoms with Crippen molar-refractivity contribution in [3.05, 3.63) is 30.1 Å². The number of rotatable bonds is 4. The van der Waals surface area contributed by atoms with Crippen molar-refractivity contribution in [3.8, 4) is 0 Å². The summed E-state index contributed by atoms with van der Waals surface area (Å²) in [6.45, 7) is 4.72. The predicted octanol–water partition coefficient (Wildman–Crippen LogP) is 3.39. The van der Waals surface area contributed by atoms with E-state index in [9.17, 15) is 4.79 Å². The van der Waals surface area contributed by atoms with Crippen molar-refractivity contribution in [3.63, 3.8) is 0 Å². The lowest BCUT2D eigenvalue weighted by Crippen LogP contribution is -2.32. The zero-order valence-corrected chi connectivity index (χ0v) is 13.4. The highest BCUT2D eigenvalue weighted by atomic mass is 16.2. The van der Waals surface area contributed by atoms with Gasteiger partial charge in [-0.25, -0.2) is 4.98 Å². The second-order valence-electron chi connectivity index (χ2n) is 6.07.